The van der Waals surface area contributed by atoms with Crippen molar-refractivity contribution in [3.8, 4) is 0 Å². The van der Waals surface area contributed by atoms with Crippen LogP contribution in [0.15, 0.2) is 24.4 Å². The van der Waals surface area contributed by atoms with E-state index in [9.17, 15) is 0 Å². The Kier molecular flexibility index (Phi) is 3.93. The molecule has 2 aromatic rings. The van der Waals surface area contributed by atoms with Crippen LogP contribution < -0.4 is 11.1 Å². The second-order valence-electron chi connectivity index (χ2n) is 5.68. The van der Waals surface area contributed by atoms with Crippen LogP contribution in [-0.2, 0) is 0 Å². The number of fused-ring (bicyclic) bond motifs is 1. The molecule has 1 unspecified atom stereocenters. The lowest BCUT2D eigenvalue weighted by Gasteiger charge is -2.18. The van der Waals surface area contributed by atoms with E-state index in [0.29, 0.717) is 11.8 Å². The quantitative estimate of drug-likeness (QED) is 0.818. The van der Waals surface area contributed by atoms with Crippen LogP contribution in [0.5, 0.6) is 0 Å². The lowest BCUT2D eigenvalue weighted by atomic mass is 9.98. The SMILES string of the molecule is Cc1cc2c(NCC(C)C(C)C)ccc(N)c2cn1. The molecule has 2 rings (SSSR count). The van der Waals surface area contributed by atoms with Gasteiger partial charge in [-0.1, -0.05) is 20.8 Å². The number of aromatic nitrogens is 1. The summed E-state index contributed by atoms with van der Waals surface area (Å²) < 4.78 is 0. The molecular formula is C16H23N3. The zero-order valence-corrected chi connectivity index (χ0v) is 12.2. The Morgan fingerprint density at radius 2 is 1.95 bits per heavy atom. The van der Waals surface area contributed by atoms with E-state index in [2.05, 4.69) is 43.2 Å². The van der Waals surface area contributed by atoms with Crippen molar-refractivity contribution in [1.29, 1.82) is 0 Å². The van der Waals surface area contributed by atoms with Gasteiger partial charge in [-0.15, -0.1) is 0 Å². The van der Waals surface area contributed by atoms with Gasteiger partial charge >= 0.3 is 0 Å². The van der Waals surface area contributed by atoms with E-state index < -0.39 is 0 Å². The van der Waals surface area contributed by atoms with E-state index in [4.69, 9.17) is 5.73 Å². The second kappa shape index (κ2) is 5.47. The maximum atomic E-state index is 6.01. The van der Waals surface area contributed by atoms with Crippen molar-refractivity contribution in [3.63, 3.8) is 0 Å². The Balaban J connectivity index is 2.33. The van der Waals surface area contributed by atoms with Crippen molar-refractivity contribution in [3.05, 3.63) is 30.1 Å². The molecule has 0 radical (unpaired) electrons. The van der Waals surface area contributed by atoms with Gasteiger partial charge in [-0.3, -0.25) is 4.98 Å². The van der Waals surface area contributed by atoms with E-state index in [1.165, 1.54) is 0 Å². The highest BCUT2D eigenvalue weighted by molar-refractivity contribution is 6.00. The van der Waals surface area contributed by atoms with Crippen LogP contribution in [0.1, 0.15) is 26.5 Å². The van der Waals surface area contributed by atoms with Crippen molar-refractivity contribution < 1.29 is 0 Å². The number of hydrogen-bond donors (Lipinski definition) is 2. The van der Waals surface area contributed by atoms with Crippen LogP contribution in [-0.4, -0.2) is 11.5 Å². The summed E-state index contributed by atoms with van der Waals surface area (Å²) in [5.74, 6) is 1.31. The molecule has 0 spiro atoms. The Hall–Kier alpha value is -1.77. The summed E-state index contributed by atoms with van der Waals surface area (Å²) in [5, 5.41) is 5.72. The molecule has 0 aliphatic rings. The minimum absolute atomic E-state index is 0.635. The van der Waals surface area contributed by atoms with Crippen molar-refractivity contribution in [1.82, 2.24) is 4.98 Å². The van der Waals surface area contributed by atoms with Gasteiger partial charge in [0, 0.05) is 40.6 Å². The summed E-state index contributed by atoms with van der Waals surface area (Å²) >= 11 is 0. The third-order valence-electron chi connectivity index (χ3n) is 3.82. The Bertz CT molecular complexity index is 575. The minimum Gasteiger partial charge on any atom is -0.398 e. The molecule has 0 saturated carbocycles. The number of aryl methyl sites for hydroxylation is 1. The van der Waals surface area contributed by atoms with Gasteiger partial charge in [0.25, 0.3) is 0 Å². The van der Waals surface area contributed by atoms with Crippen molar-refractivity contribution in [2.75, 3.05) is 17.6 Å². The summed E-state index contributed by atoms with van der Waals surface area (Å²) in [7, 11) is 0. The van der Waals surface area contributed by atoms with Crippen LogP contribution in [0, 0.1) is 18.8 Å². The first-order valence-electron chi connectivity index (χ1n) is 6.87. The van der Waals surface area contributed by atoms with Crippen molar-refractivity contribution in [2.24, 2.45) is 11.8 Å². The van der Waals surface area contributed by atoms with Crippen LogP contribution >= 0.6 is 0 Å². The van der Waals surface area contributed by atoms with Gasteiger partial charge in [-0.25, -0.2) is 0 Å². The maximum Gasteiger partial charge on any atom is 0.0422 e. The van der Waals surface area contributed by atoms with Crippen LogP contribution in [0.3, 0.4) is 0 Å². The Morgan fingerprint density at radius 3 is 2.63 bits per heavy atom. The number of hydrogen-bond acceptors (Lipinski definition) is 3. The van der Waals surface area contributed by atoms with Crippen molar-refractivity contribution >= 4 is 22.1 Å². The molecule has 0 amide bonds. The Morgan fingerprint density at radius 1 is 1.21 bits per heavy atom. The number of anilines is 2. The van der Waals surface area contributed by atoms with Gasteiger partial charge in [0.05, 0.1) is 0 Å². The third-order valence-corrected chi connectivity index (χ3v) is 3.82. The molecule has 1 atom stereocenters. The number of rotatable bonds is 4. The summed E-state index contributed by atoms with van der Waals surface area (Å²) in [4.78, 5) is 4.32. The number of nitrogen functional groups attached to an aromatic ring is 1. The molecule has 19 heavy (non-hydrogen) atoms. The van der Waals surface area contributed by atoms with Crippen LogP contribution in [0.4, 0.5) is 11.4 Å². The smallest absolute Gasteiger partial charge is 0.0422 e. The number of benzene rings is 1. The number of pyridine rings is 1. The summed E-state index contributed by atoms with van der Waals surface area (Å²) in [6, 6.07) is 6.10. The maximum absolute atomic E-state index is 6.01. The Labute approximate surface area is 115 Å². The van der Waals surface area contributed by atoms with Gasteiger partial charge in [0.1, 0.15) is 0 Å². The first kappa shape index (κ1) is 13.7. The molecule has 0 saturated heterocycles. The van der Waals surface area contributed by atoms with Crippen LogP contribution in [0.2, 0.25) is 0 Å². The fourth-order valence-electron chi connectivity index (χ4n) is 2.03. The molecular weight excluding hydrogens is 234 g/mol. The average Bonchev–Trinajstić information content (AvgIpc) is 2.37. The van der Waals surface area contributed by atoms with E-state index in [1.807, 2.05) is 19.2 Å². The van der Waals surface area contributed by atoms with Gasteiger partial charge in [0.15, 0.2) is 0 Å². The molecule has 3 nitrogen and oxygen atoms in total. The molecule has 3 N–H and O–H groups in total. The van der Waals surface area contributed by atoms with Gasteiger partial charge in [-0.2, -0.15) is 0 Å². The minimum atomic E-state index is 0.635. The van der Waals surface area contributed by atoms with Crippen LogP contribution in [0.25, 0.3) is 10.8 Å². The fourth-order valence-corrected chi connectivity index (χ4v) is 2.03. The predicted octanol–water partition coefficient (Wildman–Crippen LogP) is 3.83. The topological polar surface area (TPSA) is 50.9 Å². The van der Waals surface area contributed by atoms with E-state index in [0.717, 1.165) is 34.4 Å². The lowest BCUT2D eigenvalue weighted by molar-refractivity contribution is 0.440. The molecule has 0 fully saturated rings. The summed E-state index contributed by atoms with van der Waals surface area (Å²) in [5.41, 5.74) is 8.95. The standard InChI is InChI=1S/C16H23N3/c1-10(2)11(3)8-19-16-6-5-15(17)14-9-18-12(4)7-13(14)16/h5-7,9-11,19H,8,17H2,1-4H3. The van der Waals surface area contributed by atoms with E-state index >= 15 is 0 Å². The predicted molar refractivity (Wildman–Crippen MR) is 83.4 cm³/mol. The molecule has 0 aliphatic carbocycles. The molecule has 0 aliphatic heterocycles. The van der Waals surface area contributed by atoms with Gasteiger partial charge < -0.3 is 11.1 Å². The third kappa shape index (κ3) is 2.98. The molecule has 0 bridgehead atoms. The average molecular weight is 257 g/mol. The highest BCUT2D eigenvalue weighted by atomic mass is 14.9. The fraction of sp³-hybridized carbons (Fsp3) is 0.438. The highest BCUT2D eigenvalue weighted by Crippen LogP contribution is 2.28. The monoisotopic (exact) mass is 257 g/mol. The second-order valence-corrected chi connectivity index (χ2v) is 5.68. The number of nitrogens with zero attached hydrogens (tertiary/aromatic N) is 1. The summed E-state index contributed by atoms with van der Waals surface area (Å²) in [6.07, 6.45) is 1.86. The molecule has 102 valence electrons. The van der Waals surface area contributed by atoms with Crippen molar-refractivity contribution in [2.45, 2.75) is 27.7 Å². The molecule has 1 aromatic carbocycles. The lowest BCUT2D eigenvalue weighted by Crippen LogP contribution is -2.16. The van der Waals surface area contributed by atoms with E-state index in [1.54, 1.807) is 0 Å². The molecule has 1 aromatic heterocycles. The van der Waals surface area contributed by atoms with E-state index in [-0.39, 0.29) is 0 Å². The normalized spacial score (nSPS) is 12.9. The number of nitrogens with two attached hydrogens (primary N) is 1. The zero-order valence-electron chi connectivity index (χ0n) is 12.2. The molecule has 3 heteroatoms. The first-order chi connectivity index (χ1) is 8.99. The van der Waals surface area contributed by atoms with Gasteiger partial charge in [-0.05, 0) is 37.0 Å². The largest absolute Gasteiger partial charge is 0.398 e. The molecule has 1 heterocycles. The first-order valence-corrected chi connectivity index (χ1v) is 6.87. The number of nitrogens with one attached hydrogen (secondary N) is 1. The summed E-state index contributed by atoms with van der Waals surface area (Å²) in [6.45, 7) is 9.74. The highest BCUT2D eigenvalue weighted by Gasteiger charge is 2.09. The van der Waals surface area contributed by atoms with Gasteiger partial charge in [0.2, 0.25) is 0 Å². The zero-order chi connectivity index (χ0) is 14.0.